The highest BCUT2D eigenvalue weighted by molar-refractivity contribution is 5.78. The van der Waals surface area contributed by atoms with Crippen LogP contribution in [0, 0.1) is 0 Å². The summed E-state index contributed by atoms with van der Waals surface area (Å²) in [7, 11) is 0. The standard InChI is InChI=1S/C9H19N3O/c1-2-3-8(6-10)12-5-4-11-9(13)7-12/h8H,2-7,10H2,1H3,(H,11,13). The van der Waals surface area contributed by atoms with Crippen LogP contribution in [0.4, 0.5) is 0 Å². The number of rotatable bonds is 4. The Balaban J connectivity index is 2.42. The van der Waals surface area contributed by atoms with E-state index in [1.54, 1.807) is 0 Å². The maximum absolute atomic E-state index is 11.1. The summed E-state index contributed by atoms with van der Waals surface area (Å²) in [5, 5.41) is 2.81. The Bertz CT molecular complexity index is 172. The molecule has 0 saturated carbocycles. The van der Waals surface area contributed by atoms with Crippen molar-refractivity contribution in [2.75, 3.05) is 26.2 Å². The topological polar surface area (TPSA) is 58.4 Å². The normalized spacial score (nSPS) is 21.2. The van der Waals surface area contributed by atoms with Crippen molar-refractivity contribution < 1.29 is 4.79 Å². The first-order chi connectivity index (χ1) is 6.27. The van der Waals surface area contributed by atoms with Crippen molar-refractivity contribution in [3.63, 3.8) is 0 Å². The van der Waals surface area contributed by atoms with Crippen molar-refractivity contribution in [3.8, 4) is 0 Å². The SMILES string of the molecule is CCCC(CN)N1CCNC(=O)C1. The van der Waals surface area contributed by atoms with Gasteiger partial charge in [-0.3, -0.25) is 9.69 Å². The van der Waals surface area contributed by atoms with Crippen LogP contribution >= 0.6 is 0 Å². The minimum absolute atomic E-state index is 0.126. The predicted molar refractivity (Wildman–Crippen MR) is 52.3 cm³/mol. The van der Waals surface area contributed by atoms with Gasteiger partial charge in [0.1, 0.15) is 0 Å². The van der Waals surface area contributed by atoms with Gasteiger partial charge in [-0.05, 0) is 6.42 Å². The van der Waals surface area contributed by atoms with Gasteiger partial charge in [0.05, 0.1) is 6.54 Å². The Labute approximate surface area is 79.5 Å². The number of piperazine rings is 1. The molecule has 0 bridgehead atoms. The molecule has 1 aliphatic rings. The molecule has 0 aromatic rings. The van der Waals surface area contributed by atoms with Gasteiger partial charge in [0.2, 0.25) is 5.91 Å². The lowest BCUT2D eigenvalue weighted by molar-refractivity contribution is -0.124. The number of nitrogens with one attached hydrogen (secondary N) is 1. The maximum atomic E-state index is 11.1. The molecule has 0 radical (unpaired) electrons. The fourth-order valence-electron chi connectivity index (χ4n) is 1.75. The summed E-state index contributed by atoms with van der Waals surface area (Å²) in [6, 6.07) is 0.385. The quantitative estimate of drug-likeness (QED) is 0.623. The molecule has 0 aromatic heterocycles. The Morgan fingerprint density at radius 3 is 3.00 bits per heavy atom. The molecule has 1 atom stereocenters. The highest BCUT2D eigenvalue weighted by Gasteiger charge is 2.22. The van der Waals surface area contributed by atoms with Gasteiger partial charge in [0.25, 0.3) is 0 Å². The van der Waals surface area contributed by atoms with Crippen molar-refractivity contribution in [1.82, 2.24) is 10.2 Å². The molecular formula is C9H19N3O. The van der Waals surface area contributed by atoms with Crippen molar-refractivity contribution >= 4 is 5.91 Å². The van der Waals surface area contributed by atoms with Crippen molar-refractivity contribution in [3.05, 3.63) is 0 Å². The number of nitrogens with two attached hydrogens (primary N) is 1. The Kier molecular flexibility index (Phi) is 4.18. The molecule has 0 aromatic carbocycles. The summed E-state index contributed by atoms with van der Waals surface area (Å²) >= 11 is 0. The largest absolute Gasteiger partial charge is 0.354 e. The van der Waals surface area contributed by atoms with Crippen LogP contribution in [0.25, 0.3) is 0 Å². The number of nitrogens with zero attached hydrogens (tertiary/aromatic N) is 1. The van der Waals surface area contributed by atoms with E-state index in [2.05, 4.69) is 17.1 Å². The van der Waals surface area contributed by atoms with Gasteiger partial charge in [-0.1, -0.05) is 13.3 Å². The number of hydrogen-bond donors (Lipinski definition) is 2. The second kappa shape index (κ2) is 5.19. The van der Waals surface area contributed by atoms with Crippen LogP contribution in [-0.4, -0.2) is 43.0 Å². The summed E-state index contributed by atoms with van der Waals surface area (Å²) in [6.45, 7) is 5.02. The Morgan fingerprint density at radius 2 is 2.46 bits per heavy atom. The predicted octanol–water partition coefficient (Wildman–Crippen LogP) is -0.454. The van der Waals surface area contributed by atoms with E-state index in [4.69, 9.17) is 5.73 Å². The molecule has 1 amide bonds. The molecule has 1 heterocycles. The molecule has 13 heavy (non-hydrogen) atoms. The van der Waals surface area contributed by atoms with E-state index in [0.29, 0.717) is 19.1 Å². The van der Waals surface area contributed by atoms with Crippen LogP contribution in [0.15, 0.2) is 0 Å². The zero-order valence-corrected chi connectivity index (χ0v) is 8.25. The molecule has 4 nitrogen and oxygen atoms in total. The van der Waals surface area contributed by atoms with Crippen molar-refractivity contribution in [2.45, 2.75) is 25.8 Å². The number of amides is 1. The van der Waals surface area contributed by atoms with Gasteiger partial charge >= 0.3 is 0 Å². The van der Waals surface area contributed by atoms with Crippen LogP contribution in [-0.2, 0) is 4.79 Å². The molecule has 4 heteroatoms. The summed E-state index contributed by atoms with van der Waals surface area (Å²) < 4.78 is 0. The van der Waals surface area contributed by atoms with Crippen molar-refractivity contribution in [1.29, 1.82) is 0 Å². The molecule has 76 valence electrons. The smallest absolute Gasteiger partial charge is 0.234 e. The van der Waals surface area contributed by atoms with Gasteiger partial charge in [0.15, 0.2) is 0 Å². The first-order valence-corrected chi connectivity index (χ1v) is 4.98. The third kappa shape index (κ3) is 2.97. The highest BCUT2D eigenvalue weighted by Crippen LogP contribution is 2.06. The third-order valence-electron chi connectivity index (χ3n) is 2.48. The number of carbonyl (C=O) groups excluding carboxylic acids is 1. The van der Waals surface area contributed by atoms with Crippen LogP contribution in [0.3, 0.4) is 0 Å². The molecule has 0 aliphatic carbocycles. The molecule has 1 rings (SSSR count). The first-order valence-electron chi connectivity index (χ1n) is 4.98. The van der Waals surface area contributed by atoms with Gasteiger partial charge in [-0.15, -0.1) is 0 Å². The minimum atomic E-state index is 0.126. The lowest BCUT2D eigenvalue weighted by Crippen LogP contribution is -2.53. The van der Waals surface area contributed by atoms with Gasteiger partial charge < -0.3 is 11.1 Å². The zero-order chi connectivity index (χ0) is 9.68. The van der Waals surface area contributed by atoms with E-state index in [0.717, 1.165) is 25.9 Å². The molecule has 1 aliphatic heterocycles. The number of hydrogen-bond acceptors (Lipinski definition) is 3. The van der Waals surface area contributed by atoms with Gasteiger partial charge in [0, 0.05) is 25.7 Å². The maximum Gasteiger partial charge on any atom is 0.234 e. The lowest BCUT2D eigenvalue weighted by Gasteiger charge is -2.33. The molecular weight excluding hydrogens is 166 g/mol. The van der Waals surface area contributed by atoms with Crippen LogP contribution < -0.4 is 11.1 Å². The van der Waals surface area contributed by atoms with Gasteiger partial charge in [-0.2, -0.15) is 0 Å². The van der Waals surface area contributed by atoms with Crippen LogP contribution in [0.1, 0.15) is 19.8 Å². The monoisotopic (exact) mass is 185 g/mol. The average molecular weight is 185 g/mol. The Hall–Kier alpha value is -0.610. The van der Waals surface area contributed by atoms with E-state index in [1.165, 1.54) is 0 Å². The summed E-state index contributed by atoms with van der Waals surface area (Å²) in [5.74, 6) is 0.126. The van der Waals surface area contributed by atoms with Crippen molar-refractivity contribution in [2.24, 2.45) is 5.73 Å². The number of carbonyl (C=O) groups is 1. The lowest BCUT2D eigenvalue weighted by atomic mass is 10.1. The molecule has 1 unspecified atom stereocenters. The van der Waals surface area contributed by atoms with E-state index in [-0.39, 0.29) is 5.91 Å². The van der Waals surface area contributed by atoms with E-state index >= 15 is 0 Å². The average Bonchev–Trinajstić information content (AvgIpc) is 2.14. The molecule has 0 spiro atoms. The van der Waals surface area contributed by atoms with Crippen LogP contribution in [0.5, 0.6) is 0 Å². The molecule has 3 N–H and O–H groups in total. The fourth-order valence-corrected chi connectivity index (χ4v) is 1.75. The zero-order valence-electron chi connectivity index (χ0n) is 8.25. The van der Waals surface area contributed by atoms with E-state index in [1.807, 2.05) is 0 Å². The third-order valence-corrected chi connectivity index (χ3v) is 2.48. The van der Waals surface area contributed by atoms with Gasteiger partial charge in [-0.25, -0.2) is 0 Å². The second-order valence-electron chi connectivity index (χ2n) is 3.50. The first kappa shape index (κ1) is 10.5. The second-order valence-corrected chi connectivity index (χ2v) is 3.50. The summed E-state index contributed by atoms with van der Waals surface area (Å²) in [4.78, 5) is 13.3. The fraction of sp³-hybridized carbons (Fsp3) is 0.889. The van der Waals surface area contributed by atoms with E-state index in [9.17, 15) is 4.79 Å². The van der Waals surface area contributed by atoms with Crippen LogP contribution in [0.2, 0.25) is 0 Å². The molecule has 1 fully saturated rings. The minimum Gasteiger partial charge on any atom is -0.354 e. The van der Waals surface area contributed by atoms with E-state index < -0.39 is 0 Å². The summed E-state index contributed by atoms with van der Waals surface area (Å²) in [5.41, 5.74) is 5.66. The Morgan fingerprint density at radius 1 is 1.69 bits per heavy atom. The highest BCUT2D eigenvalue weighted by atomic mass is 16.2. The molecule has 1 saturated heterocycles. The summed E-state index contributed by atoms with van der Waals surface area (Å²) in [6.07, 6.45) is 2.21.